The lowest BCUT2D eigenvalue weighted by molar-refractivity contribution is -0.142. The second kappa shape index (κ2) is 9.88. The molecule has 6 heteroatoms. The number of benzene rings is 2. The predicted octanol–water partition coefficient (Wildman–Crippen LogP) is 3.45. The Morgan fingerprint density at radius 3 is 2.46 bits per heavy atom. The number of aryl methyl sites for hydroxylation is 1. The van der Waals surface area contributed by atoms with Gasteiger partial charge in [0.25, 0.3) is 5.91 Å². The summed E-state index contributed by atoms with van der Waals surface area (Å²) >= 11 is 0. The summed E-state index contributed by atoms with van der Waals surface area (Å²) in [5.41, 5.74) is 1.36. The Bertz CT molecular complexity index is 823. The Morgan fingerprint density at radius 2 is 1.82 bits per heavy atom. The van der Waals surface area contributed by atoms with Crippen LogP contribution >= 0.6 is 0 Å². The molecule has 2 rings (SSSR count). The summed E-state index contributed by atoms with van der Waals surface area (Å²) in [5, 5.41) is 2.79. The van der Waals surface area contributed by atoms with Crippen LogP contribution in [0, 0.1) is 12.7 Å². The molecule has 1 unspecified atom stereocenters. The largest absolute Gasteiger partial charge is 0.484 e. The van der Waals surface area contributed by atoms with Crippen LogP contribution in [0.4, 0.5) is 4.39 Å². The molecule has 0 bridgehead atoms. The van der Waals surface area contributed by atoms with E-state index in [-0.39, 0.29) is 25.1 Å². The lowest BCUT2D eigenvalue weighted by Crippen LogP contribution is -2.50. The molecule has 5 nitrogen and oxygen atoms in total. The number of hydrogen-bond acceptors (Lipinski definition) is 3. The lowest BCUT2D eigenvalue weighted by Gasteiger charge is -2.29. The van der Waals surface area contributed by atoms with Gasteiger partial charge >= 0.3 is 0 Å². The van der Waals surface area contributed by atoms with Crippen LogP contribution in [0.2, 0.25) is 0 Å². The van der Waals surface area contributed by atoms with E-state index in [0.29, 0.717) is 11.3 Å². The number of carbonyl (C=O) groups excluding carboxylic acids is 2. The number of nitrogens with one attached hydrogen (secondary N) is 1. The standard InChI is InChI=1S/C22H27FN2O3/c1-15(2)24-22(27)17(4)25(13-18-9-5-6-11-20(18)23)21(26)14-28-19-10-7-8-16(3)12-19/h5-12,15,17H,13-14H2,1-4H3,(H,24,27). The van der Waals surface area contributed by atoms with Crippen LogP contribution < -0.4 is 10.1 Å². The third-order valence-corrected chi connectivity index (χ3v) is 4.25. The fourth-order valence-corrected chi connectivity index (χ4v) is 2.73. The van der Waals surface area contributed by atoms with E-state index in [9.17, 15) is 14.0 Å². The monoisotopic (exact) mass is 386 g/mol. The lowest BCUT2D eigenvalue weighted by atomic mass is 10.1. The van der Waals surface area contributed by atoms with Gasteiger partial charge in [0, 0.05) is 18.2 Å². The van der Waals surface area contributed by atoms with Gasteiger partial charge in [0.05, 0.1) is 0 Å². The van der Waals surface area contributed by atoms with Crippen LogP contribution in [0.25, 0.3) is 0 Å². The van der Waals surface area contributed by atoms with Crippen LogP contribution in [-0.4, -0.2) is 35.4 Å². The molecule has 0 radical (unpaired) electrons. The molecular weight excluding hydrogens is 359 g/mol. The quantitative estimate of drug-likeness (QED) is 0.756. The molecule has 2 amide bonds. The fourth-order valence-electron chi connectivity index (χ4n) is 2.73. The van der Waals surface area contributed by atoms with Gasteiger partial charge in [-0.05, 0) is 51.5 Å². The maximum Gasteiger partial charge on any atom is 0.261 e. The first kappa shape index (κ1) is 21.4. The molecule has 0 heterocycles. The first-order valence-corrected chi connectivity index (χ1v) is 9.30. The molecule has 28 heavy (non-hydrogen) atoms. The molecule has 2 aromatic rings. The average molecular weight is 386 g/mol. The highest BCUT2D eigenvalue weighted by atomic mass is 19.1. The van der Waals surface area contributed by atoms with Crippen molar-refractivity contribution in [2.24, 2.45) is 0 Å². The summed E-state index contributed by atoms with van der Waals surface area (Å²) in [6.45, 7) is 6.98. The molecule has 0 aliphatic rings. The van der Waals surface area contributed by atoms with Crippen LogP contribution in [0.5, 0.6) is 5.75 Å². The highest BCUT2D eigenvalue weighted by Crippen LogP contribution is 2.15. The van der Waals surface area contributed by atoms with E-state index in [1.165, 1.54) is 11.0 Å². The molecule has 1 atom stereocenters. The van der Waals surface area contributed by atoms with E-state index in [0.717, 1.165) is 5.56 Å². The van der Waals surface area contributed by atoms with Gasteiger partial charge in [-0.25, -0.2) is 4.39 Å². The summed E-state index contributed by atoms with van der Waals surface area (Å²) in [4.78, 5) is 26.6. The van der Waals surface area contributed by atoms with E-state index in [1.807, 2.05) is 39.0 Å². The summed E-state index contributed by atoms with van der Waals surface area (Å²) < 4.78 is 19.7. The molecule has 0 saturated heterocycles. The molecule has 0 aliphatic heterocycles. The SMILES string of the molecule is Cc1cccc(OCC(=O)N(Cc2ccccc2F)C(C)C(=O)NC(C)C)c1. The minimum absolute atomic E-state index is 0.0185. The number of nitrogens with zero attached hydrogens (tertiary/aromatic N) is 1. The molecule has 0 spiro atoms. The van der Waals surface area contributed by atoms with Crippen LogP contribution in [0.15, 0.2) is 48.5 Å². The van der Waals surface area contributed by atoms with Crippen LogP contribution in [-0.2, 0) is 16.1 Å². The minimum atomic E-state index is -0.768. The maximum absolute atomic E-state index is 14.1. The molecule has 0 saturated carbocycles. The van der Waals surface area contributed by atoms with Crippen molar-refractivity contribution in [3.63, 3.8) is 0 Å². The van der Waals surface area contributed by atoms with Crippen molar-refractivity contribution < 1.29 is 18.7 Å². The predicted molar refractivity (Wildman–Crippen MR) is 106 cm³/mol. The summed E-state index contributed by atoms with van der Waals surface area (Å²) in [5.74, 6) is -0.541. The minimum Gasteiger partial charge on any atom is -0.484 e. The zero-order valence-electron chi connectivity index (χ0n) is 16.7. The summed E-state index contributed by atoms with van der Waals surface area (Å²) in [7, 11) is 0. The topological polar surface area (TPSA) is 58.6 Å². The number of halogens is 1. The highest BCUT2D eigenvalue weighted by molar-refractivity contribution is 5.88. The fraction of sp³-hybridized carbons (Fsp3) is 0.364. The Balaban J connectivity index is 2.17. The first-order valence-electron chi connectivity index (χ1n) is 9.30. The van der Waals surface area contributed by atoms with E-state index in [2.05, 4.69) is 5.32 Å². The highest BCUT2D eigenvalue weighted by Gasteiger charge is 2.27. The van der Waals surface area contributed by atoms with Crippen molar-refractivity contribution in [2.45, 2.75) is 46.3 Å². The van der Waals surface area contributed by atoms with Crippen molar-refractivity contribution >= 4 is 11.8 Å². The van der Waals surface area contributed by atoms with Gasteiger partial charge in [-0.3, -0.25) is 9.59 Å². The Kier molecular flexibility index (Phi) is 7.55. The van der Waals surface area contributed by atoms with Crippen molar-refractivity contribution in [1.82, 2.24) is 10.2 Å². The van der Waals surface area contributed by atoms with Gasteiger partial charge in [0.1, 0.15) is 17.6 Å². The van der Waals surface area contributed by atoms with Crippen LogP contribution in [0.1, 0.15) is 31.9 Å². The Hall–Kier alpha value is -2.89. The number of ether oxygens (including phenoxy) is 1. The van der Waals surface area contributed by atoms with Gasteiger partial charge in [-0.2, -0.15) is 0 Å². The van der Waals surface area contributed by atoms with Gasteiger partial charge < -0.3 is 15.0 Å². The van der Waals surface area contributed by atoms with E-state index < -0.39 is 17.8 Å². The van der Waals surface area contributed by atoms with E-state index in [1.54, 1.807) is 31.2 Å². The zero-order valence-corrected chi connectivity index (χ0v) is 16.7. The van der Waals surface area contributed by atoms with E-state index in [4.69, 9.17) is 4.74 Å². The number of rotatable bonds is 8. The Morgan fingerprint density at radius 1 is 1.11 bits per heavy atom. The van der Waals surface area contributed by atoms with Crippen molar-refractivity contribution in [3.8, 4) is 5.75 Å². The number of hydrogen-bond donors (Lipinski definition) is 1. The third-order valence-electron chi connectivity index (χ3n) is 4.25. The number of amides is 2. The smallest absolute Gasteiger partial charge is 0.261 e. The molecule has 0 aromatic heterocycles. The second-order valence-electron chi connectivity index (χ2n) is 7.06. The summed E-state index contributed by atoms with van der Waals surface area (Å²) in [6.07, 6.45) is 0. The zero-order chi connectivity index (χ0) is 20.7. The molecule has 150 valence electrons. The second-order valence-corrected chi connectivity index (χ2v) is 7.06. The van der Waals surface area contributed by atoms with Gasteiger partial charge in [0.15, 0.2) is 6.61 Å². The van der Waals surface area contributed by atoms with Crippen LogP contribution in [0.3, 0.4) is 0 Å². The van der Waals surface area contributed by atoms with Crippen molar-refractivity contribution in [2.75, 3.05) is 6.61 Å². The molecule has 0 aliphatic carbocycles. The molecular formula is C22H27FN2O3. The van der Waals surface area contributed by atoms with E-state index >= 15 is 0 Å². The van der Waals surface area contributed by atoms with Gasteiger partial charge in [0.2, 0.25) is 5.91 Å². The van der Waals surface area contributed by atoms with Crippen molar-refractivity contribution in [3.05, 3.63) is 65.5 Å². The molecule has 1 N–H and O–H groups in total. The Labute approximate surface area is 165 Å². The molecule has 0 fully saturated rings. The third kappa shape index (κ3) is 6.08. The molecule has 2 aromatic carbocycles. The van der Waals surface area contributed by atoms with Crippen molar-refractivity contribution in [1.29, 1.82) is 0 Å². The van der Waals surface area contributed by atoms with Gasteiger partial charge in [-0.1, -0.05) is 30.3 Å². The number of carbonyl (C=O) groups is 2. The normalized spacial score (nSPS) is 11.8. The first-order chi connectivity index (χ1) is 13.3. The van der Waals surface area contributed by atoms with Gasteiger partial charge in [-0.15, -0.1) is 0 Å². The average Bonchev–Trinajstić information content (AvgIpc) is 2.64. The maximum atomic E-state index is 14.1. The summed E-state index contributed by atoms with van der Waals surface area (Å²) in [6, 6.07) is 12.7.